The second-order valence-electron chi connectivity index (χ2n) is 7.18. The highest BCUT2D eigenvalue weighted by molar-refractivity contribution is 6.12. The molecule has 0 N–H and O–H groups in total. The Balaban J connectivity index is 1.81. The number of rotatable bonds is 4. The van der Waals surface area contributed by atoms with Crippen molar-refractivity contribution in [1.29, 1.82) is 0 Å². The molecule has 1 unspecified atom stereocenters. The highest BCUT2D eigenvalue weighted by Crippen LogP contribution is 2.37. The largest absolute Gasteiger partial charge is 0.493 e. The zero-order valence-electron chi connectivity index (χ0n) is 17.5. The third kappa shape index (κ3) is 3.58. The van der Waals surface area contributed by atoms with Crippen LogP contribution in [0.1, 0.15) is 30.5 Å². The van der Waals surface area contributed by atoms with E-state index < -0.39 is 0 Å². The van der Waals surface area contributed by atoms with E-state index in [4.69, 9.17) is 18.9 Å². The number of hydrazone groups is 1. The molecule has 30 heavy (non-hydrogen) atoms. The number of carbonyl (C=O) groups is 1. The van der Waals surface area contributed by atoms with Gasteiger partial charge in [0.05, 0.1) is 26.0 Å². The monoisotopic (exact) mass is 408 g/mol. The van der Waals surface area contributed by atoms with E-state index >= 15 is 0 Å². The second kappa shape index (κ2) is 8.10. The first kappa shape index (κ1) is 19.8. The van der Waals surface area contributed by atoms with Gasteiger partial charge in [-0.3, -0.25) is 4.79 Å². The van der Waals surface area contributed by atoms with Crippen molar-refractivity contribution in [3.8, 4) is 23.0 Å². The van der Waals surface area contributed by atoms with Crippen LogP contribution in [0.3, 0.4) is 0 Å². The third-order valence-electron chi connectivity index (χ3n) is 5.20. The van der Waals surface area contributed by atoms with Gasteiger partial charge in [-0.25, -0.2) is 5.01 Å². The molecule has 156 valence electrons. The maximum absolute atomic E-state index is 12.2. The fourth-order valence-corrected chi connectivity index (χ4v) is 3.78. The highest BCUT2D eigenvalue weighted by atomic mass is 16.7. The van der Waals surface area contributed by atoms with Crippen LogP contribution in [0, 0.1) is 0 Å². The number of ether oxygens (including phenoxy) is 4. The lowest BCUT2D eigenvalue weighted by atomic mass is 9.96. The lowest BCUT2D eigenvalue weighted by molar-refractivity contribution is -0.130. The Hall–Kier alpha value is -3.48. The minimum atomic E-state index is -0.111. The Morgan fingerprint density at radius 2 is 1.93 bits per heavy atom. The molecular weight excluding hydrogens is 384 g/mol. The fourth-order valence-electron chi connectivity index (χ4n) is 3.78. The van der Waals surface area contributed by atoms with Crippen molar-refractivity contribution in [2.24, 2.45) is 5.10 Å². The summed E-state index contributed by atoms with van der Waals surface area (Å²) >= 11 is 0. The van der Waals surface area contributed by atoms with Crippen molar-refractivity contribution in [3.63, 3.8) is 0 Å². The molecule has 1 atom stereocenters. The second-order valence-corrected chi connectivity index (χ2v) is 7.18. The third-order valence-corrected chi connectivity index (χ3v) is 5.20. The van der Waals surface area contributed by atoms with Gasteiger partial charge in [-0.15, -0.1) is 0 Å². The number of methoxy groups -OCH3 is 2. The van der Waals surface area contributed by atoms with Crippen LogP contribution < -0.4 is 18.9 Å². The molecule has 0 fully saturated rings. The Morgan fingerprint density at radius 1 is 1.17 bits per heavy atom. The smallest absolute Gasteiger partial charge is 0.239 e. The van der Waals surface area contributed by atoms with Crippen molar-refractivity contribution < 1.29 is 23.7 Å². The van der Waals surface area contributed by atoms with Crippen LogP contribution in [0.5, 0.6) is 23.0 Å². The average Bonchev–Trinajstić information content (AvgIpc) is 3.14. The van der Waals surface area contributed by atoms with Gasteiger partial charge in [0.2, 0.25) is 12.7 Å². The zero-order chi connectivity index (χ0) is 21.3. The number of benzene rings is 2. The van der Waals surface area contributed by atoms with E-state index in [0.29, 0.717) is 29.4 Å². The van der Waals surface area contributed by atoms with E-state index in [1.165, 1.54) is 11.9 Å². The van der Waals surface area contributed by atoms with E-state index in [0.717, 1.165) is 22.4 Å². The number of allylic oxidation sites excluding steroid dienone is 1. The van der Waals surface area contributed by atoms with Gasteiger partial charge in [0.25, 0.3) is 0 Å². The Kier molecular flexibility index (Phi) is 5.35. The molecule has 7 nitrogen and oxygen atoms in total. The zero-order valence-corrected chi connectivity index (χ0v) is 17.5. The molecule has 2 aromatic rings. The first-order valence-corrected chi connectivity index (χ1v) is 9.72. The molecule has 2 aromatic carbocycles. The number of para-hydroxylation sites is 1. The molecule has 0 saturated heterocycles. The van der Waals surface area contributed by atoms with E-state index in [2.05, 4.69) is 5.10 Å². The number of carbonyl (C=O) groups excluding carboxylic acids is 1. The fraction of sp³-hybridized carbons (Fsp3) is 0.304. The van der Waals surface area contributed by atoms with Gasteiger partial charge in [-0.1, -0.05) is 12.1 Å². The van der Waals surface area contributed by atoms with Crippen molar-refractivity contribution in [2.45, 2.75) is 26.3 Å². The van der Waals surface area contributed by atoms with Crippen LogP contribution >= 0.6 is 0 Å². The number of hydrogen-bond donors (Lipinski definition) is 0. The minimum Gasteiger partial charge on any atom is -0.493 e. The molecule has 1 amide bonds. The Bertz CT molecular complexity index is 1040. The molecule has 0 spiro atoms. The van der Waals surface area contributed by atoms with Gasteiger partial charge in [0, 0.05) is 18.1 Å². The molecule has 7 heteroatoms. The molecule has 0 bridgehead atoms. The van der Waals surface area contributed by atoms with E-state index in [1.807, 2.05) is 49.4 Å². The number of fused-ring (bicyclic) bond motifs is 2. The molecule has 0 aliphatic carbocycles. The molecule has 4 rings (SSSR count). The molecule has 0 aromatic heterocycles. The standard InChI is InChI=1S/C23H24N2O5/c1-14-10-17-11-21-22(30-13-29-21)12-18(17)19(24-25(14)15(2)26)9-8-16-6-5-7-20(27-3)23(16)28-4/h5-9,11-12,14H,10,13H2,1-4H3. The summed E-state index contributed by atoms with van der Waals surface area (Å²) < 4.78 is 22.0. The molecule has 2 aliphatic rings. The summed E-state index contributed by atoms with van der Waals surface area (Å²) in [5.41, 5.74) is 3.46. The van der Waals surface area contributed by atoms with Gasteiger partial charge in [0.15, 0.2) is 23.0 Å². The van der Waals surface area contributed by atoms with E-state index in [1.54, 1.807) is 14.2 Å². The predicted octanol–water partition coefficient (Wildman–Crippen LogP) is 3.64. The maximum atomic E-state index is 12.2. The lowest BCUT2D eigenvalue weighted by Gasteiger charge is -2.21. The topological polar surface area (TPSA) is 69.6 Å². The first-order valence-electron chi connectivity index (χ1n) is 9.72. The van der Waals surface area contributed by atoms with Gasteiger partial charge in [0.1, 0.15) is 0 Å². The maximum Gasteiger partial charge on any atom is 0.239 e. The average molecular weight is 408 g/mol. The SMILES string of the molecule is COc1cccc(C=CC2=NN(C(C)=O)C(C)Cc3cc4c(cc32)OCO4)c1OC. The summed E-state index contributed by atoms with van der Waals surface area (Å²) in [6.45, 7) is 3.71. The van der Waals surface area contributed by atoms with Crippen LogP contribution in [-0.2, 0) is 11.2 Å². The molecular formula is C23H24N2O5. The van der Waals surface area contributed by atoms with Crippen molar-refractivity contribution in [2.75, 3.05) is 21.0 Å². The summed E-state index contributed by atoms with van der Waals surface area (Å²) in [4.78, 5) is 12.2. The van der Waals surface area contributed by atoms with Crippen LogP contribution in [0.2, 0.25) is 0 Å². The number of hydrogen-bond acceptors (Lipinski definition) is 6. The van der Waals surface area contributed by atoms with Crippen LogP contribution in [0.4, 0.5) is 0 Å². The normalized spacial score (nSPS) is 17.4. The Morgan fingerprint density at radius 3 is 2.63 bits per heavy atom. The first-order chi connectivity index (χ1) is 14.5. The summed E-state index contributed by atoms with van der Waals surface area (Å²) in [7, 11) is 3.21. The van der Waals surface area contributed by atoms with Gasteiger partial charge >= 0.3 is 0 Å². The van der Waals surface area contributed by atoms with Gasteiger partial charge in [-0.05, 0) is 49.3 Å². The van der Waals surface area contributed by atoms with E-state index in [9.17, 15) is 4.79 Å². The molecule has 0 radical (unpaired) electrons. The molecule has 2 heterocycles. The summed E-state index contributed by atoms with van der Waals surface area (Å²) in [6.07, 6.45) is 4.45. The Labute approximate surface area is 175 Å². The summed E-state index contributed by atoms with van der Waals surface area (Å²) in [5.74, 6) is 2.56. The van der Waals surface area contributed by atoms with Crippen molar-refractivity contribution in [3.05, 3.63) is 53.1 Å². The predicted molar refractivity (Wildman–Crippen MR) is 113 cm³/mol. The quantitative estimate of drug-likeness (QED) is 0.773. The minimum absolute atomic E-state index is 0.0844. The highest BCUT2D eigenvalue weighted by Gasteiger charge is 2.27. The van der Waals surface area contributed by atoms with Crippen LogP contribution in [-0.4, -0.2) is 43.7 Å². The van der Waals surface area contributed by atoms with Crippen LogP contribution in [0.25, 0.3) is 6.08 Å². The van der Waals surface area contributed by atoms with Crippen LogP contribution in [0.15, 0.2) is 41.5 Å². The lowest BCUT2D eigenvalue weighted by Crippen LogP contribution is -2.33. The number of nitrogens with zero attached hydrogens (tertiary/aromatic N) is 2. The van der Waals surface area contributed by atoms with Crippen molar-refractivity contribution >= 4 is 17.7 Å². The summed E-state index contributed by atoms with van der Waals surface area (Å²) in [5, 5.41) is 6.20. The van der Waals surface area contributed by atoms with E-state index in [-0.39, 0.29) is 18.7 Å². The summed E-state index contributed by atoms with van der Waals surface area (Å²) in [6, 6.07) is 9.49. The van der Waals surface area contributed by atoms with Crippen molar-refractivity contribution in [1.82, 2.24) is 5.01 Å². The molecule has 2 aliphatic heterocycles. The number of amides is 1. The molecule has 0 saturated carbocycles. The van der Waals surface area contributed by atoms with Gasteiger partial charge < -0.3 is 18.9 Å². The van der Waals surface area contributed by atoms with Gasteiger partial charge in [-0.2, -0.15) is 5.10 Å².